The number of hydrogen-bond donors (Lipinski definition) is 1. The fourth-order valence-corrected chi connectivity index (χ4v) is 1.51. The molecule has 0 fully saturated rings. The van der Waals surface area contributed by atoms with E-state index in [0.717, 1.165) is 5.56 Å². The molecule has 4 heteroatoms. The third-order valence-electron chi connectivity index (χ3n) is 2.22. The van der Waals surface area contributed by atoms with Gasteiger partial charge < -0.3 is 10.0 Å². The maximum Gasteiger partial charge on any atom is 0.323 e. The highest BCUT2D eigenvalue weighted by atomic mass is 16.4. The van der Waals surface area contributed by atoms with Gasteiger partial charge in [0.25, 0.3) is 0 Å². The summed E-state index contributed by atoms with van der Waals surface area (Å²) in [5.41, 5.74) is 1.93. The average molecular weight is 228 g/mol. The summed E-state index contributed by atoms with van der Waals surface area (Å²) in [6, 6.07) is 7.29. The Morgan fingerprint density at radius 1 is 1.59 bits per heavy atom. The van der Waals surface area contributed by atoms with Gasteiger partial charge in [-0.3, -0.25) is 4.79 Å². The van der Waals surface area contributed by atoms with Crippen LogP contribution in [0.15, 0.2) is 18.2 Å². The van der Waals surface area contributed by atoms with Crippen molar-refractivity contribution in [3.05, 3.63) is 29.3 Å². The second kappa shape index (κ2) is 5.58. The van der Waals surface area contributed by atoms with Crippen LogP contribution in [0.3, 0.4) is 0 Å². The fourth-order valence-electron chi connectivity index (χ4n) is 1.51. The number of terminal acetylenes is 1. The molecule has 4 nitrogen and oxygen atoms in total. The molecule has 0 atom stereocenters. The Morgan fingerprint density at radius 2 is 2.29 bits per heavy atom. The Kier molecular flexibility index (Phi) is 4.14. The van der Waals surface area contributed by atoms with Crippen molar-refractivity contribution in [1.29, 1.82) is 5.26 Å². The lowest BCUT2D eigenvalue weighted by Gasteiger charge is -2.21. The van der Waals surface area contributed by atoms with E-state index < -0.39 is 5.97 Å². The molecule has 0 amide bonds. The maximum absolute atomic E-state index is 10.7. The molecule has 17 heavy (non-hydrogen) atoms. The number of carboxylic acids is 1. The van der Waals surface area contributed by atoms with Crippen LogP contribution in [-0.2, 0) is 4.79 Å². The Hall–Kier alpha value is -2.46. The molecule has 1 aromatic carbocycles. The molecule has 1 N–H and O–H groups in total. The van der Waals surface area contributed by atoms with Crippen LogP contribution in [-0.4, -0.2) is 24.2 Å². The van der Waals surface area contributed by atoms with Crippen molar-refractivity contribution in [3.8, 4) is 18.4 Å². The minimum Gasteiger partial charge on any atom is -0.480 e. The second-order valence-electron chi connectivity index (χ2n) is 3.59. The van der Waals surface area contributed by atoms with Crippen molar-refractivity contribution >= 4 is 11.7 Å². The molecule has 0 aromatic heterocycles. The van der Waals surface area contributed by atoms with Crippen LogP contribution in [0.25, 0.3) is 0 Å². The molecule has 0 aliphatic heterocycles. The Labute approximate surface area is 100 Å². The van der Waals surface area contributed by atoms with E-state index in [2.05, 4.69) is 5.92 Å². The average Bonchev–Trinajstić information content (AvgIpc) is 2.27. The van der Waals surface area contributed by atoms with Crippen LogP contribution in [0.4, 0.5) is 5.69 Å². The molecule has 1 rings (SSSR count). The number of rotatable bonds is 4. The van der Waals surface area contributed by atoms with E-state index in [1.165, 1.54) is 4.90 Å². The summed E-state index contributed by atoms with van der Waals surface area (Å²) in [7, 11) is 0. The number of hydrogen-bond acceptors (Lipinski definition) is 3. The Morgan fingerprint density at radius 3 is 2.82 bits per heavy atom. The first kappa shape index (κ1) is 12.6. The largest absolute Gasteiger partial charge is 0.480 e. The van der Waals surface area contributed by atoms with Gasteiger partial charge in [-0.15, -0.1) is 6.42 Å². The van der Waals surface area contributed by atoms with E-state index >= 15 is 0 Å². The van der Waals surface area contributed by atoms with Gasteiger partial charge >= 0.3 is 5.97 Å². The topological polar surface area (TPSA) is 64.3 Å². The van der Waals surface area contributed by atoms with E-state index in [1.54, 1.807) is 12.1 Å². The number of nitriles is 1. The van der Waals surface area contributed by atoms with Gasteiger partial charge in [0, 0.05) is 0 Å². The molecule has 86 valence electrons. The van der Waals surface area contributed by atoms with Gasteiger partial charge in [0.15, 0.2) is 0 Å². The number of carbonyl (C=O) groups is 1. The predicted octanol–water partition coefficient (Wildman–Crippen LogP) is 1.39. The number of aryl methyl sites for hydroxylation is 1. The Bertz CT molecular complexity index is 509. The summed E-state index contributed by atoms with van der Waals surface area (Å²) < 4.78 is 0. The SMILES string of the molecule is C#CCN(CC(=O)O)c1ccc(C)cc1C#N. The van der Waals surface area contributed by atoms with Gasteiger partial charge in [-0.2, -0.15) is 5.26 Å². The standard InChI is InChI=1S/C13H12N2O2/c1-3-6-15(9-13(16)17)12-5-4-10(2)7-11(12)8-14/h1,4-5,7H,6,9H2,2H3,(H,16,17). The lowest BCUT2D eigenvalue weighted by atomic mass is 10.1. The summed E-state index contributed by atoms with van der Waals surface area (Å²) in [5.74, 6) is 1.41. The van der Waals surface area contributed by atoms with Crippen molar-refractivity contribution in [2.24, 2.45) is 0 Å². The van der Waals surface area contributed by atoms with Crippen LogP contribution in [0.5, 0.6) is 0 Å². The van der Waals surface area contributed by atoms with Gasteiger partial charge in [0.2, 0.25) is 0 Å². The Balaban J connectivity index is 3.14. The van der Waals surface area contributed by atoms with E-state index in [0.29, 0.717) is 11.3 Å². The maximum atomic E-state index is 10.7. The molecular weight excluding hydrogens is 216 g/mol. The first-order valence-corrected chi connectivity index (χ1v) is 4.99. The zero-order valence-electron chi connectivity index (χ0n) is 9.47. The molecule has 0 aliphatic carbocycles. The minimum absolute atomic E-state index is 0.157. The minimum atomic E-state index is -0.982. The summed E-state index contributed by atoms with van der Waals surface area (Å²) in [5, 5.41) is 17.8. The van der Waals surface area contributed by atoms with Crippen LogP contribution in [0.2, 0.25) is 0 Å². The molecule has 0 bridgehead atoms. The van der Waals surface area contributed by atoms with Gasteiger partial charge in [-0.05, 0) is 24.6 Å². The zero-order chi connectivity index (χ0) is 12.8. The van der Waals surface area contributed by atoms with Crippen LogP contribution < -0.4 is 4.90 Å². The van der Waals surface area contributed by atoms with Crippen LogP contribution >= 0.6 is 0 Å². The molecule has 0 saturated heterocycles. The number of benzene rings is 1. The van der Waals surface area contributed by atoms with Crippen LogP contribution in [0, 0.1) is 30.6 Å². The van der Waals surface area contributed by atoms with E-state index in [1.807, 2.05) is 19.1 Å². The van der Waals surface area contributed by atoms with Gasteiger partial charge in [0.05, 0.1) is 17.8 Å². The molecular formula is C13H12N2O2. The van der Waals surface area contributed by atoms with E-state index in [9.17, 15) is 4.79 Å². The smallest absolute Gasteiger partial charge is 0.323 e. The lowest BCUT2D eigenvalue weighted by molar-refractivity contribution is -0.135. The van der Waals surface area contributed by atoms with Crippen molar-refractivity contribution in [2.75, 3.05) is 18.0 Å². The zero-order valence-corrected chi connectivity index (χ0v) is 9.47. The first-order chi connectivity index (χ1) is 8.08. The number of carboxylic acid groups (broad SMARTS) is 1. The normalized spacial score (nSPS) is 9.12. The quantitative estimate of drug-likeness (QED) is 0.791. The van der Waals surface area contributed by atoms with Gasteiger partial charge in [0.1, 0.15) is 12.6 Å². The monoisotopic (exact) mass is 228 g/mol. The van der Waals surface area contributed by atoms with Crippen molar-refractivity contribution in [1.82, 2.24) is 0 Å². The third-order valence-corrected chi connectivity index (χ3v) is 2.22. The highest BCUT2D eigenvalue weighted by molar-refractivity contribution is 5.75. The molecule has 0 radical (unpaired) electrons. The van der Waals surface area contributed by atoms with Crippen LogP contribution in [0.1, 0.15) is 11.1 Å². The summed E-state index contributed by atoms with van der Waals surface area (Å²) in [6.45, 7) is 1.80. The summed E-state index contributed by atoms with van der Waals surface area (Å²) >= 11 is 0. The molecule has 1 aromatic rings. The second-order valence-corrected chi connectivity index (χ2v) is 3.59. The molecule has 0 unspecified atom stereocenters. The van der Waals surface area contributed by atoms with Gasteiger partial charge in [-0.25, -0.2) is 0 Å². The van der Waals surface area contributed by atoms with Crippen molar-refractivity contribution in [3.63, 3.8) is 0 Å². The summed E-state index contributed by atoms with van der Waals surface area (Å²) in [4.78, 5) is 12.2. The number of nitrogens with zero attached hydrogens (tertiary/aromatic N) is 2. The highest BCUT2D eigenvalue weighted by Gasteiger charge is 2.13. The van der Waals surface area contributed by atoms with E-state index in [-0.39, 0.29) is 13.1 Å². The molecule has 0 spiro atoms. The van der Waals surface area contributed by atoms with Crippen molar-refractivity contribution in [2.45, 2.75) is 6.92 Å². The predicted molar refractivity (Wildman–Crippen MR) is 64.6 cm³/mol. The van der Waals surface area contributed by atoms with Gasteiger partial charge in [-0.1, -0.05) is 12.0 Å². The fraction of sp³-hybridized carbons (Fsp3) is 0.231. The summed E-state index contributed by atoms with van der Waals surface area (Å²) in [6.07, 6.45) is 5.20. The lowest BCUT2D eigenvalue weighted by Crippen LogP contribution is -2.30. The number of anilines is 1. The molecule has 0 aliphatic rings. The van der Waals surface area contributed by atoms with Crippen molar-refractivity contribution < 1.29 is 9.90 Å². The molecule has 0 heterocycles. The third kappa shape index (κ3) is 3.25. The van der Waals surface area contributed by atoms with E-state index in [4.69, 9.17) is 16.8 Å². The highest BCUT2D eigenvalue weighted by Crippen LogP contribution is 2.20. The number of aliphatic carboxylic acids is 1. The molecule has 0 saturated carbocycles. The first-order valence-electron chi connectivity index (χ1n) is 4.99.